The number of amides is 3. The fourth-order valence-corrected chi connectivity index (χ4v) is 6.31. The normalized spacial score (nSPS) is 15.1. The van der Waals surface area contributed by atoms with Crippen molar-refractivity contribution in [1.82, 2.24) is 10.2 Å². The summed E-state index contributed by atoms with van der Waals surface area (Å²) in [4.78, 5) is 42.2. The summed E-state index contributed by atoms with van der Waals surface area (Å²) in [5.74, 6) is 0.273. The molecule has 3 heterocycles. The quantitative estimate of drug-likeness (QED) is 0.333. The van der Waals surface area contributed by atoms with Crippen LogP contribution in [0.5, 0.6) is 0 Å². The summed E-state index contributed by atoms with van der Waals surface area (Å²) >= 11 is 5.75. The number of hydrogen-bond acceptors (Lipinski definition) is 7. The minimum atomic E-state index is -0.315. The maximum Gasteiger partial charge on any atom is 0.293 e. The smallest absolute Gasteiger partial charge is 0.293 e. The van der Waals surface area contributed by atoms with Crippen LogP contribution in [-0.4, -0.2) is 35.0 Å². The third-order valence-electron chi connectivity index (χ3n) is 4.39. The molecule has 0 radical (unpaired) electrons. The molecule has 31 heavy (non-hydrogen) atoms. The number of imide groups is 1. The zero-order valence-electron chi connectivity index (χ0n) is 16.3. The van der Waals surface area contributed by atoms with Crippen LogP contribution >= 0.6 is 46.2 Å². The number of rotatable bonds is 8. The zero-order chi connectivity index (χ0) is 21.6. The molecule has 1 N–H and O–H groups in total. The summed E-state index contributed by atoms with van der Waals surface area (Å²) in [7, 11) is 0. The SMILES string of the molecule is O=C(NCCN1C(=O)S/C(=C/c2cccs2)C1=O)c1ccccc1SCc1cccs1. The van der Waals surface area contributed by atoms with Crippen LogP contribution in [0.25, 0.3) is 6.08 Å². The number of hydrogen-bond donors (Lipinski definition) is 1. The van der Waals surface area contributed by atoms with Crippen molar-refractivity contribution < 1.29 is 14.4 Å². The first kappa shape index (κ1) is 21.9. The molecule has 3 amide bonds. The van der Waals surface area contributed by atoms with Crippen LogP contribution in [0.1, 0.15) is 20.1 Å². The molecule has 0 bridgehead atoms. The lowest BCUT2D eigenvalue weighted by Crippen LogP contribution is -2.37. The van der Waals surface area contributed by atoms with Crippen molar-refractivity contribution in [2.24, 2.45) is 0 Å². The Bertz CT molecular complexity index is 1110. The summed E-state index contributed by atoms with van der Waals surface area (Å²) < 4.78 is 0. The predicted molar refractivity (Wildman–Crippen MR) is 130 cm³/mol. The summed E-state index contributed by atoms with van der Waals surface area (Å²) in [5, 5.41) is 6.48. The summed E-state index contributed by atoms with van der Waals surface area (Å²) in [6.07, 6.45) is 1.73. The lowest BCUT2D eigenvalue weighted by atomic mass is 10.2. The van der Waals surface area contributed by atoms with Gasteiger partial charge >= 0.3 is 0 Å². The van der Waals surface area contributed by atoms with Crippen molar-refractivity contribution in [3.8, 4) is 0 Å². The van der Waals surface area contributed by atoms with Gasteiger partial charge in [-0.15, -0.1) is 34.4 Å². The van der Waals surface area contributed by atoms with Crippen molar-refractivity contribution in [3.63, 3.8) is 0 Å². The molecular formula is C22H18N2O3S4. The Balaban J connectivity index is 1.33. The van der Waals surface area contributed by atoms with E-state index in [2.05, 4.69) is 11.4 Å². The average molecular weight is 487 g/mol. The molecule has 2 aromatic heterocycles. The monoisotopic (exact) mass is 486 g/mol. The fraction of sp³-hybridized carbons (Fsp3) is 0.136. The number of benzene rings is 1. The second-order valence-electron chi connectivity index (χ2n) is 6.47. The molecule has 0 atom stereocenters. The molecule has 1 saturated heterocycles. The zero-order valence-corrected chi connectivity index (χ0v) is 19.5. The molecule has 1 aromatic carbocycles. The molecule has 1 aliphatic rings. The molecule has 0 aliphatic carbocycles. The van der Waals surface area contributed by atoms with Gasteiger partial charge in [-0.3, -0.25) is 19.3 Å². The van der Waals surface area contributed by atoms with Crippen molar-refractivity contribution >= 4 is 69.3 Å². The Morgan fingerprint density at radius 1 is 1.03 bits per heavy atom. The molecule has 158 valence electrons. The molecule has 0 spiro atoms. The third kappa shape index (κ3) is 5.48. The van der Waals surface area contributed by atoms with Crippen molar-refractivity contribution in [2.45, 2.75) is 10.6 Å². The van der Waals surface area contributed by atoms with E-state index in [4.69, 9.17) is 0 Å². The molecule has 1 fully saturated rings. The highest BCUT2D eigenvalue weighted by Crippen LogP contribution is 2.32. The highest BCUT2D eigenvalue weighted by atomic mass is 32.2. The fourth-order valence-electron chi connectivity index (χ4n) is 2.90. The van der Waals surface area contributed by atoms with Crippen molar-refractivity contribution in [1.29, 1.82) is 0 Å². The van der Waals surface area contributed by atoms with E-state index in [1.54, 1.807) is 35.2 Å². The van der Waals surface area contributed by atoms with Gasteiger partial charge in [-0.25, -0.2) is 0 Å². The summed E-state index contributed by atoms with van der Waals surface area (Å²) in [5.41, 5.74) is 0.593. The second kappa shape index (κ2) is 10.3. The topological polar surface area (TPSA) is 66.5 Å². The van der Waals surface area contributed by atoms with Crippen LogP contribution in [-0.2, 0) is 10.5 Å². The van der Waals surface area contributed by atoms with Crippen LogP contribution in [0.15, 0.2) is 69.1 Å². The van der Waals surface area contributed by atoms with Gasteiger partial charge in [-0.05, 0) is 52.9 Å². The standard InChI is InChI=1S/C22H18N2O3S4/c25-20(17-7-1-2-8-18(17)30-14-16-6-4-12-29-16)23-9-10-24-21(26)19(31-22(24)27)13-15-5-3-11-28-15/h1-8,11-13H,9-10,14H2,(H,23,25)/b19-13+. The lowest BCUT2D eigenvalue weighted by Gasteiger charge is -2.14. The average Bonchev–Trinajstić information content (AvgIpc) is 3.52. The van der Waals surface area contributed by atoms with Gasteiger partial charge < -0.3 is 5.32 Å². The molecule has 4 rings (SSSR count). The third-order valence-corrected chi connectivity index (χ3v) is 8.30. The number of carbonyl (C=O) groups excluding carboxylic acids is 3. The van der Waals surface area contributed by atoms with Gasteiger partial charge in [0.15, 0.2) is 0 Å². The van der Waals surface area contributed by atoms with E-state index in [0.717, 1.165) is 27.3 Å². The van der Waals surface area contributed by atoms with Crippen LogP contribution < -0.4 is 5.32 Å². The maximum absolute atomic E-state index is 12.7. The molecule has 0 saturated carbocycles. The van der Waals surface area contributed by atoms with E-state index in [1.165, 1.54) is 21.1 Å². The first-order valence-corrected chi connectivity index (χ1v) is 13.0. The molecule has 1 aliphatic heterocycles. The highest BCUT2D eigenvalue weighted by molar-refractivity contribution is 8.18. The number of carbonyl (C=O) groups is 3. The number of nitrogens with zero attached hydrogens (tertiary/aromatic N) is 1. The Kier molecular flexibility index (Phi) is 7.29. The van der Waals surface area contributed by atoms with Crippen LogP contribution in [0.3, 0.4) is 0 Å². The predicted octanol–water partition coefficient (Wildman–Crippen LogP) is 5.57. The van der Waals surface area contributed by atoms with E-state index in [9.17, 15) is 14.4 Å². The maximum atomic E-state index is 12.7. The Morgan fingerprint density at radius 3 is 2.61 bits per heavy atom. The largest absolute Gasteiger partial charge is 0.350 e. The molecular weight excluding hydrogens is 469 g/mol. The second-order valence-corrected chi connectivity index (χ2v) is 10.5. The van der Waals surface area contributed by atoms with Gasteiger partial charge in [0.05, 0.1) is 10.5 Å². The Labute approximate surface area is 196 Å². The van der Waals surface area contributed by atoms with Gasteiger partial charge in [-0.2, -0.15) is 0 Å². The van der Waals surface area contributed by atoms with E-state index in [-0.39, 0.29) is 30.1 Å². The minimum Gasteiger partial charge on any atom is -0.350 e. The van der Waals surface area contributed by atoms with E-state index in [0.29, 0.717) is 10.5 Å². The van der Waals surface area contributed by atoms with Crippen molar-refractivity contribution in [2.75, 3.05) is 13.1 Å². The van der Waals surface area contributed by atoms with Gasteiger partial charge in [-0.1, -0.05) is 24.3 Å². The number of thiophene rings is 2. The molecule has 0 unspecified atom stereocenters. The van der Waals surface area contributed by atoms with Crippen LogP contribution in [0, 0.1) is 0 Å². The van der Waals surface area contributed by atoms with Gasteiger partial charge in [0.1, 0.15) is 0 Å². The van der Waals surface area contributed by atoms with Crippen LogP contribution in [0.4, 0.5) is 4.79 Å². The minimum absolute atomic E-state index is 0.142. The first-order valence-electron chi connectivity index (χ1n) is 9.43. The molecule has 9 heteroatoms. The molecule has 3 aromatic rings. The van der Waals surface area contributed by atoms with E-state index < -0.39 is 0 Å². The Morgan fingerprint density at radius 2 is 1.84 bits per heavy atom. The van der Waals surface area contributed by atoms with Crippen molar-refractivity contribution in [3.05, 3.63) is 79.5 Å². The van der Waals surface area contributed by atoms with Crippen LogP contribution in [0.2, 0.25) is 0 Å². The first-order chi connectivity index (χ1) is 15.1. The Hall–Kier alpha value is -2.33. The van der Waals surface area contributed by atoms with E-state index >= 15 is 0 Å². The van der Waals surface area contributed by atoms with Gasteiger partial charge in [0.2, 0.25) is 0 Å². The number of nitrogens with one attached hydrogen (secondary N) is 1. The van der Waals surface area contributed by atoms with Gasteiger partial charge in [0.25, 0.3) is 17.1 Å². The summed E-state index contributed by atoms with van der Waals surface area (Å²) in [6, 6.07) is 15.3. The van der Waals surface area contributed by atoms with Gasteiger partial charge in [0, 0.05) is 33.5 Å². The highest BCUT2D eigenvalue weighted by Gasteiger charge is 2.34. The number of thioether (sulfide) groups is 2. The lowest BCUT2D eigenvalue weighted by molar-refractivity contribution is -0.122. The summed E-state index contributed by atoms with van der Waals surface area (Å²) in [6.45, 7) is 0.343. The molecule has 5 nitrogen and oxygen atoms in total. The van der Waals surface area contributed by atoms with E-state index in [1.807, 2.05) is 47.2 Å².